The first kappa shape index (κ1) is 32.9. The molecule has 11 rings (SSSR count). The molecule has 0 spiro atoms. The van der Waals surface area contributed by atoms with Gasteiger partial charge in [0.25, 0.3) is 0 Å². The van der Waals surface area contributed by atoms with E-state index in [0.29, 0.717) is 0 Å². The first-order chi connectivity index (χ1) is 28.2. The second-order valence-corrected chi connectivity index (χ2v) is 14.8. The Balaban J connectivity index is 1.00. The highest BCUT2D eigenvalue weighted by atomic mass is 14.8. The highest BCUT2D eigenvalue weighted by Gasteiger charge is 2.46. The molecule has 3 heterocycles. The van der Waals surface area contributed by atoms with E-state index in [0.717, 1.165) is 61.0 Å². The molecule has 0 amide bonds. The van der Waals surface area contributed by atoms with Gasteiger partial charge in [-0.25, -0.2) is 9.97 Å². The summed E-state index contributed by atoms with van der Waals surface area (Å²) in [6, 6.07) is 71.7. The second-order valence-electron chi connectivity index (χ2n) is 14.8. The smallest absolute Gasteiger partial charge is 0.0972 e. The molecular weight excluding hydrogens is 691 g/mol. The van der Waals surface area contributed by atoms with Crippen LogP contribution < -0.4 is 0 Å². The lowest BCUT2D eigenvalue weighted by atomic mass is 9.68. The summed E-state index contributed by atoms with van der Waals surface area (Å²) in [6.07, 6.45) is 3.89. The first-order valence-corrected chi connectivity index (χ1v) is 19.4. The van der Waals surface area contributed by atoms with Crippen LogP contribution in [0.15, 0.2) is 213 Å². The van der Waals surface area contributed by atoms with Gasteiger partial charge < -0.3 is 0 Å². The monoisotopic (exact) mass is 725 g/mol. The van der Waals surface area contributed by atoms with Crippen molar-refractivity contribution in [2.75, 3.05) is 0 Å². The molecule has 7 aromatic carbocycles. The Morgan fingerprint density at radius 3 is 1.54 bits per heavy atom. The number of hydrogen-bond donors (Lipinski definition) is 0. The van der Waals surface area contributed by atoms with Gasteiger partial charge in [-0.2, -0.15) is 0 Å². The Labute approximate surface area is 331 Å². The minimum absolute atomic E-state index is 0.500. The molecule has 1 atom stereocenters. The van der Waals surface area contributed by atoms with E-state index in [1.54, 1.807) is 0 Å². The summed E-state index contributed by atoms with van der Waals surface area (Å²) in [5.74, 6) is 0. The fourth-order valence-electron chi connectivity index (χ4n) is 8.96. The number of pyridine rings is 3. The van der Waals surface area contributed by atoms with Crippen LogP contribution in [0.3, 0.4) is 0 Å². The van der Waals surface area contributed by atoms with Crippen molar-refractivity contribution in [3.63, 3.8) is 0 Å². The van der Waals surface area contributed by atoms with Gasteiger partial charge in [-0.05, 0) is 92.0 Å². The predicted octanol–water partition coefficient (Wildman–Crippen LogP) is 13.2. The summed E-state index contributed by atoms with van der Waals surface area (Å²) >= 11 is 0. The standard InChI is InChI=1S/C54H35N3/c1-3-12-36(13-4-1)50-29-26-37-23-24-38-27-30-51(57-53(38)52(37)56-50)43-17-10-16-41(33-43)39-14-9-15-40(32-39)42-25-28-47-46-21-7-8-22-48(46)54(49(47)34-42,44-18-5-2-6-19-44)45-20-11-31-55-35-45/h1-35H. The molecule has 10 aromatic rings. The minimum Gasteiger partial charge on any atom is -0.264 e. The quantitative estimate of drug-likeness (QED) is 0.160. The van der Waals surface area contributed by atoms with Gasteiger partial charge in [0.05, 0.1) is 27.8 Å². The van der Waals surface area contributed by atoms with Crippen LogP contribution in [-0.4, -0.2) is 15.0 Å². The lowest BCUT2D eigenvalue weighted by Gasteiger charge is -2.33. The Hall–Kier alpha value is -7.49. The molecule has 0 saturated heterocycles. The summed E-state index contributed by atoms with van der Waals surface area (Å²) in [5, 5.41) is 2.15. The van der Waals surface area contributed by atoms with Gasteiger partial charge in [0.15, 0.2) is 0 Å². The van der Waals surface area contributed by atoms with E-state index >= 15 is 0 Å². The zero-order chi connectivity index (χ0) is 37.8. The maximum atomic E-state index is 5.26. The zero-order valence-electron chi connectivity index (χ0n) is 31.0. The summed E-state index contributed by atoms with van der Waals surface area (Å²) < 4.78 is 0. The van der Waals surface area contributed by atoms with E-state index in [4.69, 9.17) is 9.97 Å². The van der Waals surface area contributed by atoms with Crippen molar-refractivity contribution in [3.05, 3.63) is 235 Å². The molecule has 0 N–H and O–H groups in total. The minimum atomic E-state index is -0.500. The van der Waals surface area contributed by atoms with Gasteiger partial charge in [-0.15, -0.1) is 0 Å². The molecule has 0 fully saturated rings. The number of benzene rings is 7. The van der Waals surface area contributed by atoms with E-state index in [-0.39, 0.29) is 0 Å². The van der Waals surface area contributed by atoms with E-state index in [1.807, 2.05) is 18.5 Å². The van der Waals surface area contributed by atoms with E-state index in [1.165, 1.54) is 38.9 Å². The topological polar surface area (TPSA) is 38.7 Å². The van der Waals surface area contributed by atoms with Crippen molar-refractivity contribution in [1.82, 2.24) is 15.0 Å². The lowest BCUT2D eigenvalue weighted by molar-refractivity contribution is 0.763. The van der Waals surface area contributed by atoms with Crippen molar-refractivity contribution in [1.29, 1.82) is 0 Å². The molecule has 0 aliphatic heterocycles. The molecule has 1 aliphatic carbocycles. The molecule has 0 radical (unpaired) electrons. The number of aromatic nitrogens is 3. The van der Waals surface area contributed by atoms with Crippen LogP contribution in [0, 0.1) is 0 Å². The summed E-state index contributed by atoms with van der Waals surface area (Å²) in [4.78, 5) is 15.0. The van der Waals surface area contributed by atoms with E-state index in [9.17, 15) is 0 Å². The van der Waals surface area contributed by atoms with Crippen LogP contribution in [0.4, 0.5) is 0 Å². The maximum absolute atomic E-state index is 5.26. The van der Waals surface area contributed by atoms with Crippen LogP contribution >= 0.6 is 0 Å². The third kappa shape index (κ3) is 5.39. The molecule has 266 valence electrons. The molecule has 0 bridgehead atoms. The van der Waals surface area contributed by atoms with Crippen LogP contribution in [0.2, 0.25) is 0 Å². The maximum Gasteiger partial charge on any atom is 0.0972 e. The van der Waals surface area contributed by atoms with Gasteiger partial charge in [0.1, 0.15) is 0 Å². The number of nitrogens with zero attached hydrogens (tertiary/aromatic N) is 3. The summed E-state index contributed by atoms with van der Waals surface area (Å²) in [7, 11) is 0. The van der Waals surface area contributed by atoms with Gasteiger partial charge in [0.2, 0.25) is 0 Å². The van der Waals surface area contributed by atoms with Crippen molar-refractivity contribution < 1.29 is 0 Å². The molecule has 3 nitrogen and oxygen atoms in total. The largest absolute Gasteiger partial charge is 0.264 e. The van der Waals surface area contributed by atoms with Crippen LogP contribution in [0.1, 0.15) is 22.3 Å². The summed E-state index contributed by atoms with van der Waals surface area (Å²) in [6.45, 7) is 0. The van der Waals surface area contributed by atoms with Crippen molar-refractivity contribution in [2.45, 2.75) is 5.41 Å². The van der Waals surface area contributed by atoms with Crippen molar-refractivity contribution in [2.24, 2.45) is 0 Å². The summed E-state index contributed by atoms with van der Waals surface area (Å²) in [5.41, 5.74) is 17.5. The highest BCUT2D eigenvalue weighted by molar-refractivity contribution is 6.04. The molecule has 3 aromatic heterocycles. The fourth-order valence-corrected chi connectivity index (χ4v) is 8.96. The Morgan fingerprint density at radius 2 is 0.860 bits per heavy atom. The molecule has 1 unspecified atom stereocenters. The zero-order valence-corrected chi connectivity index (χ0v) is 31.0. The highest BCUT2D eigenvalue weighted by Crippen LogP contribution is 2.56. The molecule has 57 heavy (non-hydrogen) atoms. The van der Waals surface area contributed by atoms with Gasteiger partial charge >= 0.3 is 0 Å². The lowest BCUT2D eigenvalue weighted by Crippen LogP contribution is -2.28. The van der Waals surface area contributed by atoms with E-state index in [2.05, 4.69) is 199 Å². The van der Waals surface area contributed by atoms with Crippen LogP contribution in [-0.2, 0) is 5.41 Å². The van der Waals surface area contributed by atoms with Crippen LogP contribution in [0.5, 0.6) is 0 Å². The Morgan fingerprint density at radius 1 is 0.333 bits per heavy atom. The normalized spacial score (nSPS) is 14.4. The van der Waals surface area contributed by atoms with Crippen LogP contribution in [0.25, 0.3) is 77.7 Å². The average molecular weight is 726 g/mol. The molecule has 0 saturated carbocycles. The molecular formula is C54H35N3. The molecule has 1 aliphatic rings. The van der Waals surface area contributed by atoms with Crippen molar-refractivity contribution in [3.8, 4) is 55.9 Å². The second kappa shape index (κ2) is 13.4. The molecule has 3 heteroatoms. The Bertz CT molecular complexity index is 3080. The van der Waals surface area contributed by atoms with E-state index < -0.39 is 5.41 Å². The number of fused-ring (bicyclic) bond motifs is 6. The number of hydrogen-bond acceptors (Lipinski definition) is 3. The number of rotatable bonds is 6. The third-order valence-electron chi connectivity index (χ3n) is 11.6. The van der Waals surface area contributed by atoms with Gasteiger partial charge in [0, 0.05) is 34.3 Å². The third-order valence-corrected chi connectivity index (χ3v) is 11.6. The average Bonchev–Trinajstić information content (AvgIpc) is 3.60. The SMILES string of the molecule is c1ccc(-c2ccc3ccc4ccc(-c5cccc(-c6cccc(-c7ccc8c(c7)C(c7ccccc7)(c7cccnc7)c7ccccc7-8)c6)c5)nc4c3n2)cc1. The fraction of sp³-hybridized carbons (Fsp3) is 0.0185. The van der Waals surface area contributed by atoms with Crippen molar-refractivity contribution >= 4 is 21.8 Å². The van der Waals surface area contributed by atoms with Gasteiger partial charge in [-0.3, -0.25) is 4.98 Å². The Kier molecular flexibility index (Phi) is 7.71. The van der Waals surface area contributed by atoms with Gasteiger partial charge in [-0.1, -0.05) is 164 Å². The predicted molar refractivity (Wildman–Crippen MR) is 234 cm³/mol. The first-order valence-electron chi connectivity index (χ1n) is 19.4.